The molecule has 3 aromatic rings. The number of hydrogen-bond acceptors (Lipinski definition) is 7. The minimum Gasteiger partial charge on any atom is -0.454 e. The third kappa shape index (κ3) is 4.10. The van der Waals surface area contributed by atoms with Crippen LogP contribution in [0.2, 0.25) is 5.02 Å². The van der Waals surface area contributed by atoms with Crippen molar-refractivity contribution in [1.29, 1.82) is 0 Å². The number of benzene rings is 2. The number of ketones is 1. The Hall–Kier alpha value is -3.16. The third-order valence-electron chi connectivity index (χ3n) is 6.87. The highest BCUT2D eigenvalue weighted by molar-refractivity contribution is 6.31. The van der Waals surface area contributed by atoms with Crippen LogP contribution in [-0.4, -0.2) is 53.6 Å². The Morgan fingerprint density at radius 2 is 1.82 bits per heavy atom. The summed E-state index contributed by atoms with van der Waals surface area (Å²) >= 11 is 6.41. The highest BCUT2D eigenvalue weighted by Gasteiger charge is 2.30. The number of piperazine rings is 1. The summed E-state index contributed by atoms with van der Waals surface area (Å²) in [5, 5.41) is 0.705. The molecule has 3 aliphatic rings. The van der Waals surface area contributed by atoms with Crippen molar-refractivity contribution >= 4 is 23.3 Å². The summed E-state index contributed by atoms with van der Waals surface area (Å²) in [5.74, 6) is 2.48. The van der Waals surface area contributed by atoms with E-state index in [9.17, 15) is 4.79 Å². The van der Waals surface area contributed by atoms with E-state index < -0.39 is 0 Å². The van der Waals surface area contributed by atoms with E-state index in [1.807, 2.05) is 30.3 Å². The maximum Gasteiger partial charge on any atom is 0.231 e. The van der Waals surface area contributed by atoms with Gasteiger partial charge in [0, 0.05) is 50.4 Å². The van der Waals surface area contributed by atoms with E-state index >= 15 is 0 Å². The summed E-state index contributed by atoms with van der Waals surface area (Å²) in [7, 11) is 0. The van der Waals surface area contributed by atoms with Gasteiger partial charge in [0.25, 0.3) is 0 Å². The number of carbonyl (C=O) groups is 1. The lowest BCUT2D eigenvalue weighted by Gasteiger charge is -2.35. The van der Waals surface area contributed by atoms with Crippen molar-refractivity contribution in [3.05, 3.63) is 76.1 Å². The molecule has 0 unspecified atom stereocenters. The molecule has 2 aromatic carbocycles. The maximum absolute atomic E-state index is 12.8. The van der Waals surface area contributed by atoms with E-state index in [0.29, 0.717) is 36.2 Å². The number of rotatable bonds is 4. The number of Topliss-reactive ketones (excluding diaryl/α,β-unsaturated/α-hetero) is 1. The molecule has 0 N–H and O–H groups in total. The van der Waals surface area contributed by atoms with Crippen LogP contribution < -0.4 is 14.4 Å². The Morgan fingerprint density at radius 1 is 1.00 bits per heavy atom. The topological polar surface area (TPSA) is 67.8 Å². The van der Waals surface area contributed by atoms with Crippen LogP contribution in [0.5, 0.6) is 11.5 Å². The largest absolute Gasteiger partial charge is 0.454 e. The lowest BCUT2D eigenvalue weighted by atomic mass is 9.82. The van der Waals surface area contributed by atoms with Crippen LogP contribution in [0.3, 0.4) is 0 Å². The number of aromatic nitrogens is 2. The number of carbonyl (C=O) groups excluding carboxylic acids is 1. The zero-order valence-electron chi connectivity index (χ0n) is 18.7. The van der Waals surface area contributed by atoms with E-state index in [0.717, 1.165) is 55.5 Å². The molecule has 6 rings (SSSR count). The van der Waals surface area contributed by atoms with Crippen LogP contribution in [0.15, 0.2) is 48.7 Å². The molecule has 1 atom stereocenters. The molecule has 1 aliphatic carbocycles. The smallest absolute Gasteiger partial charge is 0.231 e. The van der Waals surface area contributed by atoms with Crippen LogP contribution in [-0.2, 0) is 13.0 Å². The molecule has 7 nitrogen and oxygen atoms in total. The lowest BCUT2D eigenvalue weighted by Crippen LogP contribution is -2.46. The summed E-state index contributed by atoms with van der Waals surface area (Å²) in [6.45, 7) is 4.66. The second-order valence-corrected chi connectivity index (χ2v) is 9.44. The Labute approximate surface area is 203 Å². The fourth-order valence-corrected chi connectivity index (χ4v) is 5.31. The monoisotopic (exact) mass is 476 g/mol. The minimum absolute atomic E-state index is 0.0509. The fraction of sp³-hybridized carbons (Fsp3) is 0.346. The number of anilines is 1. The first-order valence-corrected chi connectivity index (χ1v) is 12.0. The SMILES string of the molecule is O=C1C[C@H](c2ccccc2Cl)Cc2nc(N3CCN(Cc4ccc5c(c4)OCO5)CC3)ncc21. The Balaban J connectivity index is 1.13. The average Bonchev–Trinajstić information content (AvgIpc) is 3.32. The second-order valence-electron chi connectivity index (χ2n) is 9.03. The molecule has 1 aromatic heterocycles. The van der Waals surface area contributed by atoms with Gasteiger partial charge in [-0.1, -0.05) is 35.9 Å². The molecule has 2 aliphatic heterocycles. The van der Waals surface area contributed by atoms with Crippen LogP contribution >= 0.6 is 11.6 Å². The quantitative estimate of drug-likeness (QED) is 0.561. The van der Waals surface area contributed by atoms with E-state index in [1.165, 1.54) is 5.56 Å². The van der Waals surface area contributed by atoms with Gasteiger partial charge in [-0.05, 0) is 41.7 Å². The van der Waals surface area contributed by atoms with Crippen molar-refractivity contribution in [2.24, 2.45) is 0 Å². The molecule has 8 heteroatoms. The standard InChI is InChI=1S/C26H25ClN4O3/c27-21-4-2-1-3-19(21)18-12-22-20(23(32)13-18)14-28-26(29-22)31-9-7-30(8-10-31)15-17-5-6-24-25(11-17)34-16-33-24/h1-6,11,14,18H,7-10,12-13,15-16H2/t18-/m1/s1. The van der Waals surface area contributed by atoms with Crippen molar-refractivity contribution in [3.63, 3.8) is 0 Å². The molecule has 0 radical (unpaired) electrons. The first-order valence-electron chi connectivity index (χ1n) is 11.6. The van der Waals surface area contributed by atoms with E-state index in [2.05, 4.69) is 26.9 Å². The van der Waals surface area contributed by atoms with Crippen LogP contribution in [0.25, 0.3) is 0 Å². The van der Waals surface area contributed by atoms with Gasteiger partial charge in [-0.3, -0.25) is 9.69 Å². The molecule has 0 amide bonds. The molecule has 0 bridgehead atoms. The number of nitrogens with zero attached hydrogens (tertiary/aromatic N) is 4. The third-order valence-corrected chi connectivity index (χ3v) is 7.21. The normalized spacial score (nSPS) is 19.9. The molecular formula is C26H25ClN4O3. The number of ether oxygens (including phenoxy) is 2. The molecule has 174 valence electrons. The van der Waals surface area contributed by atoms with Gasteiger partial charge < -0.3 is 14.4 Å². The summed E-state index contributed by atoms with van der Waals surface area (Å²) in [4.78, 5) is 26.8. The summed E-state index contributed by atoms with van der Waals surface area (Å²) < 4.78 is 10.9. The van der Waals surface area contributed by atoms with Crippen molar-refractivity contribution in [2.75, 3.05) is 37.9 Å². The van der Waals surface area contributed by atoms with Crippen molar-refractivity contribution in [1.82, 2.24) is 14.9 Å². The van der Waals surface area contributed by atoms with Gasteiger partial charge in [-0.2, -0.15) is 0 Å². The molecule has 34 heavy (non-hydrogen) atoms. The molecule has 0 saturated carbocycles. The Kier molecular flexibility index (Phi) is 5.59. The van der Waals surface area contributed by atoms with Gasteiger partial charge in [-0.15, -0.1) is 0 Å². The maximum atomic E-state index is 12.8. The zero-order chi connectivity index (χ0) is 23.1. The van der Waals surface area contributed by atoms with Crippen molar-refractivity contribution in [3.8, 4) is 11.5 Å². The summed E-state index contributed by atoms with van der Waals surface area (Å²) in [6, 6.07) is 13.9. The number of halogens is 1. The lowest BCUT2D eigenvalue weighted by molar-refractivity contribution is 0.0962. The Morgan fingerprint density at radius 3 is 2.68 bits per heavy atom. The molecular weight excluding hydrogens is 452 g/mol. The van der Waals surface area contributed by atoms with Crippen molar-refractivity contribution in [2.45, 2.75) is 25.3 Å². The van der Waals surface area contributed by atoms with Crippen LogP contribution in [0.1, 0.15) is 39.5 Å². The summed E-state index contributed by atoms with van der Waals surface area (Å²) in [5.41, 5.74) is 3.70. The first-order chi connectivity index (χ1) is 16.6. The molecule has 1 saturated heterocycles. The van der Waals surface area contributed by atoms with Gasteiger partial charge in [-0.25, -0.2) is 9.97 Å². The zero-order valence-corrected chi connectivity index (χ0v) is 19.5. The number of fused-ring (bicyclic) bond motifs is 2. The second kappa shape index (κ2) is 8.89. The first kappa shape index (κ1) is 21.4. The molecule has 3 heterocycles. The van der Waals surface area contributed by atoms with Gasteiger partial charge in [0.1, 0.15) is 0 Å². The Bertz CT molecular complexity index is 1240. The van der Waals surface area contributed by atoms with E-state index in [4.69, 9.17) is 26.1 Å². The molecule has 1 fully saturated rings. The van der Waals surface area contributed by atoms with E-state index in [1.54, 1.807) is 6.20 Å². The van der Waals surface area contributed by atoms with Gasteiger partial charge in [0.15, 0.2) is 17.3 Å². The fourth-order valence-electron chi connectivity index (χ4n) is 5.02. The summed E-state index contributed by atoms with van der Waals surface area (Å²) in [6.07, 6.45) is 2.85. The minimum atomic E-state index is 0.0509. The van der Waals surface area contributed by atoms with Gasteiger partial charge in [0.2, 0.25) is 12.7 Å². The van der Waals surface area contributed by atoms with Gasteiger partial charge >= 0.3 is 0 Å². The van der Waals surface area contributed by atoms with Gasteiger partial charge in [0.05, 0.1) is 11.3 Å². The average molecular weight is 477 g/mol. The predicted molar refractivity (Wildman–Crippen MR) is 129 cm³/mol. The van der Waals surface area contributed by atoms with E-state index in [-0.39, 0.29) is 11.7 Å². The van der Waals surface area contributed by atoms with Crippen LogP contribution in [0, 0.1) is 0 Å². The predicted octanol–water partition coefficient (Wildman–Crippen LogP) is 4.09. The molecule has 0 spiro atoms. The highest BCUT2D eigenvalue weighted by Crippen LogP contribution is 2.36. The van der Waals surface area contributed by atoms with Crippen molar-refractivity contribution < 1.29 is 14.3 Å². The number of hydrogen-bond donors (Lipinski definition) is 0. The van der Waals surface area contributed by atoms with Crippen LogP contribution in [0.4, 0.5) is 5.95 Å². The highest BCUT2D eigenvalue weighted by atomic mass is 35.5.